The first-order valence-corrected chi connectivity index (χ1v) is 6.46. The maximum absolute atomic E-state index is 11.3. The minimum absolute atomic E-state index is 0.337. The molecule has 0 aromatic carbocycles. The number of hydrogen-bond donors (Lipinski definition) is 0. The second-order valence-electron chi connectivity index (χ2n) is 3.60. The van der Waals surface area contributed by atoms with Gasteiger partial charge >= 0.3 is 5.97 Å². The molecule has 2 bridgehead atoms. The van der Waals surface area contributed by atoms with Gasteiger partial charge in [0.2, 0.25) is 11.5 Å². The number of carbonyl (C=O) groups excluding carboxylic acids is 1. The number of rotatable bonds is 4. The molecule has 5 heteroatoms. The van der Waals surface area contributed by atoms with Gasteiger partial charge in [0.1, 0.15) is 5.56 Å². The molecule has 15 heavy (non-hydrogen) atoms. The van der Waals surface area contributed by atoms with Crippen molar-refractivity contribution in [2.75, 3.05) is 6.61 Å². The summed E-state index contributed by atoms with van der Waals surface area (Å²) in [6.45, 7) is 0.656. The van der Waals surface area contributed by atoms with E-state index >= 15 is 0 Å². The summed E-state index contributed by atoms with van der Waals surface area (Å²) in [4.78, 5) is 11.3. The fraction of sp³-hybridized carbons (Fsp3) is 0.300. The standard InChI is InChI=1S/C10H10O4Si/c11-10-5-4-6-8(12-2-1-3-15)9(14-10)7(5)13-6/h4H,1-3H2,15H3. The van der Waals surface area contributed by atoms with E-state index in [-0.39, 0.29) is 5.97 Å². The molecular weight excluding hydrogens is 212 g/mol. The van der Waals surface area contributed by atoms with Gasteiger partial charge in [-0.05, 0) is 6.42 Å². The molecule has 78 valence electrons. The van der Waals surface area contributed by atoms with Crippen molar-refractivity contribution < 1.29 is 18.7 Å². The van der Waals surface area contributed by atoms with Crippen molar-refractivity contribution in [2.45, 2.75) is 12.5 Å². The summed E-state index contributed by atoms with van der Waals surface area (Å²) in [6, 6.07) is 2.89. The molecule has 2 aromatic rings. The van der Waals surface area contributed by atoms with Crippen molar-refractivity contribution in [3.63, 3.8) is 0 Å². The Labute approximate surface area is 88.9 Å². The van der Waals surface area contributed by atoms with Crippen LogP contribution in [0.3, 0.4) is 0 Å². The van der Waals surface area contributed by atoms with E-state index in [0.717, 1.165) is 6.42 Å². The Kier molecular flexibility index (Phi) is 1.76. The summed E-state index contributed by atoms with van der Waals surface area (Å²) in [5.41, 5.74) is 1.68. The lowest BCUT2D eigenvalue weighted by atomic mass is 10.2. The highest BCUT2D eigenvalue weighted by Gasteiger charge is 2.35. The molecule has 1 aliphatic rings. The molecule has 1 aliphatic heterocycles. The molecule has 0 amide bonds. The number of fused-ring (bicyclic) bond motifs is 1. The third-order valence-electron chi connectivity index (χ3n) is 2.53. The third-order valence-corrected chi connectivity index (χ3v) is 3.23. The van der Waals surface area contributed by atoms with Crippen LogP contribution in [-0.2, 0) is 0 Å². The first kappa shape index (κ1) is 8.79. The maximum Gasteiger partial charge on any atom is 0.347 e. The maximum atomic E-state index is 11.3. The van der Waals surface area contributed by atoms with Crippen LogP contribution in [0.1, 0.15) is 16.8 Å². The fourth-order valence-electron chi connectivity index (χ4n) is 1.73. The predicted molar refractivity (Wildman–Crippen MR) is 57.2 cm³/mol. The van der Waals surface area contributed by atoms with Crippen LogP contribution in [0.5, 0.6) is 11.5 Å². The van der Waals surface area contributed by atoms with Crippen molar-refractivity contribution in [2.24, 2.45) is 0 Å². The lowest BCUT2D eigenvalue weighted by molar-refractivity contribution is 0.0750. The molecule has 0 N–H and O–H groups in total. The van der Waals surface area contributed by atoms with E-state index in [4.69, 9.17) is 13.9 Å². The van der Waals surface area contributed by atoms with Crippen LogP contribution in [0, 0.1) is 0 Å². The van der Waals surface area contributed by atoms with Crippen LogP contribution >= 0.6 is 0 Å². The molecule has 0 fully saturated rings. The van der Waals surface area contributed by atoms with Gasteiger partial charge in [0.25, 0.3) is 0 Å². The SMILES string of the molecule is O=C1Oc2c(OCCC[SiH3])c3cc1c2o3. The lowest BCUT2D eigenvalue weighted by Gasteiger charge is -2.03. The highest BCUT2D eigenvalue weighted by atomic mass is 28.1. The van der Waals surface area contributed by atoms with Crippen LogP contribution < -0.4 is 9.47 Å². The van der Waals surface area contributed by atoms with Gasteiger partial charge in [0.05, 0.1) is 6.61 Å². The zero-order chi connectivity index (χ0) is 10.4. The van der Waals surface area contributed by atoms with Gasteiger partial charge in [0.15, 0.2) is 11.2 Å². The summed E-state index contributed by atoms with van der Waals surface area (Å²) < 4.78 is 16.0. The minimum Gasteiger partial charge on any atom is -0.486 e. The zero-order valence-electron chi connectivity index (χ0n) is 8.33. The molecule has 3 heterocycles. The van der Waals surface area contributed by atoms with Gasteiger partial charge in [-0.15, -0.1) is 0 Å². The summed E-state index contributed by atoms with van der Waals surface area (Å²) in [6.07, 6.45) is 1.04. The number of esters is 1. The highest BCUT2D eigenvalue weighted by molar-refractivity contribution is 6.10. The molecule has 3 rings (SSSR count). The van der Waals surface area contributed by atoms with Gasteiger partial charge in [-0.1, -0.05) is 6.04 Å². The second kappa shape index (κ2) is 3.00. The van der Waals surface area contributed by atoms with Crippen molar-refractivity contribution in [1.29, 1.82) is 0 Å². The summed E-state index contributed by atoms with van der Waals surface area (Å²) >= 11 is 0. The van der Waals surface area contributed by atoms with E-state index in [0.29, 0.717) is 34.8 Å². The van der Waals surface area contributed by atoms with Gasteiger partial charge in [0, 0.05) is 16.3 Å². The molecule has 0 saturated heterocycles. The average molecular weight is 222 g/mol. The Hall–Kier alpha value is -1.49. The molecule has 0 saturated carbocycles. The van der Waals surface area contributed by atoms with Crippen molar-refractivity contribution >= 4 is 27.4 Å². The van der Waals surface area contributed by atoms with Crippen LogP contribution in [0.15, 0.2) is 10.5 Å². The summed E-state index contributed by atoms with van der Waals surface area (Å²) in [5, 5.41) is 0. The first-order chi connectivity index (χ1) is 7.31. The molecule has 2 aromatic heterocycles. The molecule has 0 unspecified atom stereocenters. The van der Waals surface area contributed by atoms with E-state index in [1.807, 2.05) is 0 Å². The zero-order valence-corrected chi connectivity index (χ0v) is 10.3. The third kappa shape index (κ3) is 1.10. The van der Waals surface area contributed by atoms with Crippen molar-refractivity contribution in [3.8, 4) is 11.5 Å². The quantitative estimate of drug-likeness (QED) is 0.439. The molecule has 0 atom stereocenters. The molecular formula is C10H10O4Si. The van der Waals surface area contributed by atoms with Crippen LogP contribution in [0.25, 0.3) is 11.2 Å². The molecule has 0 radical (unpaired) electrons. The monoisotopic (exact) mass is 222 g/mol. The van der Waals surface area contributed by atoms with E-state index < -0.39 is 0 Å². The summed E-state index contributed by atoms with van der Waals surface area (Å²) in [7, 11) is 1.19. The fourth-order valence-corrected chi connectivity index (χ4v) is 2.02. The Balaban J connectivity index is 1.92. The molecule has 0 spiro atoms. The number of carbonyl (C=O) groups is 1. The highest BCUT2D eigenvalue weighted by Crippen LogP contribution is 2.48. The summed E-state index contributed by atoms with van der Waals surface area (Å²) in [5.74, 6) is 0.729. The van der Waals surface area contributed by atoms with Crippen molar-refractivity contribution in [3.05, 3.63) is 11.6 Å². The largest absolute Gasteiger partial charge is 0.486 e. The van der Waals surface area contributed by atoms with Crippen LogP contribution in [0.4, 0.5) is 0 Å². The number of ether oxygens (including phenoxy) is 2. The average Bonchev–Trinajstić information content (AvgIpc) is 2.81. The van der Waals surface area contributed by atoms with Gasteiger partial charge < -0.3 is 13.9 Å². The van der Waals surface area contributed by atoms with Gasteiger partial charge in [-0.25, -0.2) is 4.79 Å². The Bertz CT molecular complexity index is 516. The first-order valence-electron chi connectivity index (χ1n) is 5.05. The van der Waals surface area contributed by atoms with Gasteiger partial charge in [-0.2, -0.15) is 0 Å². The van der Waals surface area contributed by atoms with E-state index in [1.165, 1.54) is 16.3 Å². The second-order valence-corrected chi connectivity index (χ2v) is 4.60. The predicted octanol–water partition coefficient (Wildman–Crippen LogP) is 0.956. The topological polar surface area (TPSA) is 48.7 Å². The molecule has 0 aliphatic carbocycles. The van der Waals surface area contributed by atoms with E-state index in [9.17, 15) is 4.79 Å². The normalized spacial score (nSPS) is 14.0. The number of furan rings is 2. The Morgan fingerprint density at radius 3 is 3.13 bits per heavy atom. The smallest absolute Gasteiger partial charge is 0.347 e. The van der Waals surface area contributed by atoms with Crippen LogP contribution in [-0.4, -0.2) is 22.8 Å². The molecule has 4 nitrogen and oxygen atoms in total. The Morgan fingerprint density at radius 2 is 2.33 bits per heavy atom. The Morgan fingerprint density at radius 1 is 1.47 bits per heavy atom. The number of benzene rings is 1. The van der Waals surface area contributed by atoms with Crippen LogP contribution in [0.2, 0.25) is 6.04 Å². The van der Waals surface area contributed by atoms with Gasteiger partial charge in [-0.3, -0.25) is 0 Å². The van der Waals surface area contributed by atoms with E-state index in [2.05, 4.69) is 0 Å². The lowest BCUT2D eigenvalue weighted by Crippen LogP contribution is -2.00. The number of hydrogen-bond acceptors (Lipinski definition) is 4. The van der Waals surface area contributed by atoms with E-state index in [1.54, 1.807) is 6.07 Å². The van der Waals surface area contributed by atoms with Crippen molar-refractivity contribution in [1.82, 2.24) is 0 Å². The minimum atomic E-state index is -0.337.